The number of nitrogens with one attached hydrogen (secondary N) is 1. The molecule has 2 fully saturated rings. The monoisotopic (exact) mass is 555 g/mol. The van der Waals surface area contributed by atoms with Crippen LogP contribution in [0, 0.1) is 10.1 Å². The van der Waals surface area contributed by atoms with Crippen LogP contribution in [0.1, 0.15) is 61.6 Å². The number of nitro benzene ring substituents is 1. The third-order valence-electron chi connectivity index (χ3n) is 7.58. The van der Waals surface area contributed by atoms with E-state index in [2.05, 4.69) is 63.4 Å². The quantitative estimate of drug-likeness (QED) is 0.143. The van der Waals surface area contributed by atoms with Crippen molar-refractivity contribution in [3.63, 3.8) is 0 Å². The predicted molar refractivity (Wildman–Crippen MR) is 158 cm³/mol. The Labute approximate surface area is 237 Å². The summed E-state index contributed by atoms with van der Waals surface area (Å²) in [7, 11) is 0. The fraction of sp³-hybridized carbons (Fsp3) is 0.267. The largest absolute Gasteiger partial charge is 0.351 e. The number of hydrogen-bond acceptors (Lipinski definition) is 5. The van der Waals surface area contributed by atoms with Gasteiger partial charge in [0.05, 0.1) is 16.7 Å². The van der Waals surface area contributed by atoms with Crippen molar-refractivity contribution in [1.82, 2.24) is 14.9 Å². The van der Waals surface area contributed by atoms with Gasteiger partial charge in [0.1, 0.15) is 6.04 Å². The van der Waals surface area contributed by atoms with Gasteiger partial charge in [-0.1, -0.05) is 37.1 Å². The highest BCUT2D eigenvalue weighted by molar-refractivity contribution is 7.99. The number of nitro groups is 1. The van der Waals surface area contributed by atoms with E-state index in [1.165, 1.54) is 49.9 Å². The molecule has 2 aromatic heterocycles. The second kappa shape index (κ2) is 11.2. The second-order valence-corrected chi connectivity index (χ2v) is 11.5. The highest BCUT2D eigenvalue weighted by Crippen LogP contribution is 2.44. The lowest BCUT2D eigenvalue weighted by atomic mass is 9.94. The molecule has 2 atom stereocenters. The smallest absolute Gasteiger partial charge is 0.269 e. The minimum absolute atomic E-state index is 0.0440. The van der Waals surface area contributed by atoms with Crippen molar-refractivity contribution in [2.75, 3.05) is 4.90 Å². The molecule has 0 radical (unpaired) electrons. The maximum atomic E-state index is 11.0. The average Bonchev–Trinajstić information content (AvgIpc) is 3.59. The number of aromatic nitrogens is 2. The molecule has 9 heteroatoms. The van der Waals surface area contributed by atoms with Gasteiger partial charge >= 0.3 is 0 Å². The van der Waals surface area contributed by atoms with E-state index in [-0.39, 0.29) is 22.7 Å². The number of non-ortho nitro benzene ring substituents is 1. The molecule has 1 saturated carbocycles. The molecule has 4 aromatic rings. The van der Waals surface area contributed by atoms with Gasteiger partial charge in [-0.05, 0) is 85.7 Å². The summed E-state index contributed by atoms with van der Waals surface area (Å²) in [5.74, 6) is 0. The van der Waals surface area contributed by atoms with E-state index in [4.69, 9.17) is 17.2 Å². The first-order chi connectivity index (χ1) is 19.1. The summed E-state index contributed by atoms with van der Waals surface area (Å²) in [4.78, 5) is 19.5. The molecule has 0 unspecified atom stereocenters. The number of hydrogen-bond donors (Lipinski definition) is 1. The maximum absolute atomic E-state index is 11.0. The average molecular weight is 556 g/mol. The van der Waals surface area contributed by atoms with E-state index in [0.717, 1.165) is 21.2 Å². The summed E-state index contributed by atoms with van der Waals surface area (Å²) >= 11 is 7.51. The maximum Gasteiger partial charge on any atom is 0.269 e. The van der Waals surface area contributed by atoms with E-state index < -0.39 is 0 Å². The lowest BCUT2D eigenvalue weighted by molar-refractivity contribution is -0.384. The van der Waals surface area contributed by atoms with Crippen LogP contribution in [0.2, 0.25) is 0 Å². The van der Waals surface area contributed by atoms with E-state index in [0.29, 0.717) is 11.2 Å². The first kappa shape index (κ1) is 25.6. The Kier molecular flexibility index (Phi) is 7.34. The van der Waals surface area contributed by atoms with Gasteiger partial charge in [0, 0.05) is 51.7 Å². The summed E-state index contributed by atoms with van der Waals surface area (Å²) in [6, 6.07) is 25.8. The van der Waals surface area contributed by atoms with Gasteiger partial charge in [0.15, 0.2) is 5.11 Å². The highest BCUT2D eigenvalue weighted by Gasteiger charge is 2.42. The molecule has 1 N–H and O–H groups in total. The third-order valence-corrected chi connectivity index (χ3v) is 8.91. The van der Waals surface area contributed by atoms with Crippen molar-refractivity contribution in [1.29, 1.82) is 0 Å². The molecular weight excluding hydrogens is 526 g/mol. The SMILES string of the molecule is O=[N+]([O-])c1ccc(Sc2ccc(N3C(=S)N[C@H](c4ccccn4)[C@@H]3c3cccn3C3CCCCC3)cc2)cc1. The van der Waals surface area contributed by atoms with Crippen LogP contribution in [0.25, 0.3) is 0 Å². The summed E-state index contributed by atoms with van der Waals surface area (Å²) < 4.78 is 2.47. The standard InChI is InChI=1S/C30H29N5O2S2/c36-35(37)23-13-17-25(18-14-23)39-24-15-11-22(12-16-24)34-29(28(32-30(34)38)26-9-4-5-19-31-26)27-10-6-20-33(27)21-7-2-1-3-8-21/h4-6,9-21,28-29H,1-3,7-8H2,(H,32,38)/t28-,29+/m1/s1. The molecule has 6 rings (SSSR count). The third kappa shape index (κ3) is 5.29. The van der Waals surface area contributed by atoms with Gasteiger partial charge in [-0.3, -0.25) is 15.1 Å². The molecule has 1 saturated heterocycles. The first-order valence-corrected chi connectivity index (χ1v) is 14.5. The normalized spacial score (nSPS) is 19.7. The number of pyridine rings is 1. The second-order valence-electron chi connectivity index (χ2n) is 9.98. The zero-order valence-electron chi connectivity index (χ0n) is 21.3. The first-order valence-electron chi connectivity index (χ1n) is 13.3. The van der Waals surface area contributed by atoms with E-state index >= 15 is 0 Å². The molecule has 0 amide bonds. The van der Waals surface area contributed by atoms with Crippen LogP contribution < -0.4 is 10.2 Å². The van der Waals surface area contributed by atoms with Gasteiger partial charge in [-0.2, -0.15) is 0 Å². The van der Waals surface area contributed by atoms with Gasteiger partial charge in [0.25, 0.3) is 5.69 Å². The van der Waals surface area contributed by atoms with Gasteiger partial charge < -0.3 is 14.8 Å². The van der Waals surface area contributed by atoms with Gasteiger partial charge in [-0.25, -0.2) is 0 Å². The fourth-order valence-electron chi connectivity index (χ4n) is 5.73. The van der Waals surface area contributed by atoms with Crippen LogP contribution in [-0.2, 0) is 0 Å². The molecule has 7 nitrogen and oxygen atoms in total. The minimum atomic E-state index is -0.379. The Bertz CT molecular complexity index is 1450. The van der Waals surface area contributed by atoms with Crippen LogP contribution in [0.4, 0.5) is 11.4 Å². The van der Waals surface area contributed by atoms with E-state index in [1.54, 1.807) is 23.9 Å². The summed E-state index contributed by atoms with van der Waals surface area (Å²) in [6.07, 6.45) is 10.3. The van der Waals surface area contributed by atoms with Crippen LogP contribution in [-0.4, -0.2) is 19.6 Å². The Morgan fingerprint density at radius 3 is 2.31 bits per heavy atom. The topological polar surface area (TPSA) is 76.2 Å². The molecular formula is C30H29N5O2S2. The Hall–Kier alpha value is -3.69. The molecule has 0 spiro atoms. The number of thiocarbonyl (C=S) groups is 1. The van der Waals surface area contributed by atoms with Crippen molar-refractivity contribution in [2.45, 2.75) is 60.0 Å². The predicted octanol–water partition coefficient (Wildman–Crippen LogP) is 7.62. The van der Waals surface area contributed by atoms with Crippen LogP contribution in [0.5, 0.6) is 0 Å². The Morgan fingerprint density at radius 2 is 1.64 bits per heavy atom. The van der Waals surface area contributed by atoms with Gasteiger partial charge in [-0.15, -0.1) is 0 Å². The molecule has 2 aliphatic rings. The lowest BCUT2D eigenvalue weighted by Gasteiger charge is -2.32. The van der Waals surface area contributed by atoms with Crippen molar-refractivity contribution >= 4 is 40.5 Å². The molecule has 3 heterocycles. The van der Waals surface area contributed by atoms with Crippen molar-refractivity contribution < 1.29 is 4.92 Å². The Morgan fingerprint density at radius 1 is 0.923 bits per heavy atom. The van der Waals surface area contributed by atoms with Crippen molar-refractivity contribution in [3.8, 4) is 0 Å². The fourth-order valence-corrected chi connectivity index (χ4v) is 6.89. The van der Waals surface area contributed by atoms with E-state index in [9.17, 15) is 10.1 Å². The van der Waals surface area contributed by atoms with Crippen molar-refractivity contribution in [3.05, 3.63) is 113 Å². The minimum Gasteiger partial charge on any atom is -0.351 e. The molecule has 1 aliphatic carbocycles. The Balaban J connectivity index is 1.32. The summed E-state index contributed by atoms with van der Waals surface area (Å²) in [6.45, 7) is 0. The number of nitrogens with zero attached hydrogens (tertiary/aromatic N) is 4. The zero-order chi connectivity index (χ0) is 26.8. The van der Waals surface area contributed by atoms with Crippen LogP contribution in [0.3, 0.4) is 0 Å². The van der Waals surface area contributed by atoms with Crippen molar-refractivity contribution in [2.24, 2.45) is 0 Å². The lowest BCUT2D eigenvalue weighted by Crippen LogP contribution is -2.31. The molecule has 0 bridgehead atoms. The van der Waals surface area contributed by atoms with Crippen LogP contribution >= 0.6 is 24.0 Å². The molecule has 198 valence electrons. The zero-order valence-corrected chi connectivity index (χ0v) is 23.0. The van der Waals surface area contributed by atoms with E-state index in [1.807, 2.05) is 18.3 Å². The van der Waals surface area contributed by atoms with Crippen LogP contribution in [0.15, 0.2) is 101 Å². The summed E-state index contributed by atoms with van der Waals surface area (Å²) in [5.41, 5.74) is 3.32. The number of benzene rings is 2. The molecule has 1 aliphatic heterocycles. The molecule has 39 heavy (non-hydrogen) atoms. The summed E-state index contributed by atoms with van der Waals surface area (Å²) in [5, 5.41) is 15.2. The number of rotatable bonds is 7. The van der Waals surface area contributed by atoms with Gasteiger partial charge in [0.2, 0.25) is 0 Å². The highest BCUT2D eigenvalue weighted by atomic mass is 32.2. The molecule has 2 aromatic carbocycles. The number of anilines is 1.